The van der Waals surface area contributed by atoms with Crippen molar-refractivity contribution in [2.75, 3.05) is 0 Å². The maximum atomic E-state index is 6.77. The van der Waals surface area contributed by atoms with E-state index < -0.39 is 6.17 Å². The highest BCUT2D eigenvalue weighted by Gasteiger charge is 2.27. The van der Waals surface area contributed by atoms with Gasteiger partial charge in [-0.05, 0) is 52.5 Å². The molecule has 2 aliphatic rings. The molecule has 2 aromatic heterocycles. The number of amidine groups is 2. The van der Waals surface area contributed by atoms with E-state index >= 15 is 0 Å². The number of rotatable bonds is 5. The molecule has 0 fully saturated rings. The van der Waals surface area contributed by atoms with Crippen LogP contribution in [-0.4, -0.2) is 16.7 Å². The molecule has 0 unspecified atom stereocenters. The fraction of sp³-hybridized carbons (Fsp3) is 0.0714. The molecule has 1 N–H and O–H groups in total. The number of benzene rings is 5. The lowest BCUT2D eigenvalue weighted by Gasteiger charge is -2.23. The molecule has 0 bridgehead atoms. The van der Waals surface area contributed by atoms with Gasteiger partial charge in [0.1, 0.15) is 22.9 Å². The molecular weight excluding hydrogens is 576 g/mol. The van der Waals surface area contributed by atoms with E-state index in [1.165, 1.54) is 11.1 Å². The number of nitrogens with zero attached hydrogens (tertiary/aromatic N) is 3. The third kappa shape index (κ3) is 4.93. The number of aliphatic imine (C=N–C) groups is 2. The molecule has 3 heterocycles. The van der Waals surface area contributed by atoms with Gasteiger partial charge in [0, 0.05) is 33.7 Å². The fourth-order valence-corrected chi connectivity index (χ4v) is 6.72. The fourth-order valence-electron chi connectivity index (χ4n) is 6.72. The van der Waals surface area contributed by atoms with Crippen molar-refractivity contribution in [1.29, 1.82) is 0 Å². The highest BCUT2D eigenvalue weighted by molar-refractivity contribution is 6.17. The van der Waals surface area contributed by atoms with Crippen LogP contribution in [0.4, 0.5) is 0 Å². The summed E-state index contributed by atoms with van der Waals surface area (Å²) in [6.45, 7) is 0. The van der Waals surface area contributed by atoms with Crippen LogP contribution >= 0.6 is 0 Å². The quantitative estimate of drug-likeness (QED) is 0.212. The van der Waals surface area contributed by atoms with Crippen LogP contribution in [0.15, 0.2) is 160 Å². The Labute approximate surface area is 272 Å². The van der Waals surface area contributed by atoms with Crippen molar-refractivity contribution in [1.82, 2.24) is 10.3 Å². The van der Waals surface area contributed by atoms with Crippen LogP contribution in [0.5, 0.6) is 0 Å². The Morgan fingerprint density at radius 1 is 0.596 bits per heavy atom. The molecule has 0 saturated heterocycles. The number of pyridine rings is 1. The summed E-state index contributed by atoms with van der Waals surface area (Å²) in [7, 11) is 0. The lowest BCUT2D eigenvalue weighted by atomic mass is 9.91. The summed E-state index contributed by atoms with van der Waals surface area (Å²) < 4.78 is 6.77. The summed E-state index contributed by atoms with van der Waals surface area (Å²) in [4.78, 5) is 15.5. The lowest BCUT2D eigenvalue weighted by Crippen LogP contribution is -2.36. The maximum Gasteiger partial charge on any atom is 0.172 e. The van der Waals surface area contributed by atoms with E-state index in [0.29, 0.717) is 0 Å². The molecule has 1 aliphatic carbocycles. The van der Waals surface area contributed by atoms with Crippen LogP contribution in [0, 0.1) is 0 Å². The van der Waals surface area contributed by atoms with Crippen molar-refractivity contribution in [2.24, 2.45) is 9.98 Å². The van der Waals surface area contributed by atoms with Crippen LogP contribution in [0.3, 0.4) is 0 Å². The summed E-state index contributed by atoms with van der Waals surface area (Å²) in [5, 5.41) is 7.86. The molecule has 7 aromatic rings. The van der Waals surface area contributed by atoms with E-state index in [4.69, 9.17) is 19.4 Å². The molecule has 9 rings (SSSR count). The van der Waals surface area contributed by atoms with Gasteiger partial charge in [0.15, 0.2) is 11.7 Å². The summed E-state index contributed by atoms with van der Waals surface area (Å²) in [6, 6.07) is 43.8. The van der Waals surface area contributed by atoms with Crippen molar-refractivity contribution >= 4 is 55.5 Å². The first-order valence-corrected chi connectivity index (χ1v) is 16.0. The number of nitrogens with one attached hydrogen (secondary N) is 1. The topological polar surface area (TPSA) is 62.8 Å². The number of hydrogen-bond donors (Lipinski definition) is 1. The molecular formula is C42H30N4O. The second kappa shape index (κ2) is 11.4. The third-order valence-corrected chi connectivity index (χ3v) is 9.10. The molecule has 5 nitrogen and oxygen atoms in total. The van der Waals surface area contributed by atoms with Gasteiger partial charge in [-0.25, -0.2) is 9.98 Å². The van der Waals surface area contributed by atoms with Gasteiger partial charge in [0.2, 0.25) is 0 Å². The largest absolute Gasteiger partial charge is 0.454 e. The lowest BCUT2D eigenvalue weighted by molar-refractivity contribution is 0.663. The monoisotopic (exact) mass is 606 g/mol. The van der Waals surface area contributed by atoms with E-state index in [1.807, 2.05) is 42.6 Å². The van der Waals surface area contributed by atoms with Crippen molar-refractivity contribution in [2.45, 2.75) is 19.0 Å². The number of fused-ring (bicyclic) bond motifs is 4. The van der Waals surface area contributed by atoms with Crippen LogP contribution in [0.2, 0.25) is 0 Å². The number of furan rings is 1. The van der Waals surface area contributed by atoms with Crippen LogP contribution in [0.1, 0.15) is 47.0 Å². The first-order valence-electron chi connectivity index (χ1n) is 16.0. The van der Waals surface area contributed by atoms with Crippen molar-refractivity contribution in [3.8, 4) is 0 Å². The third-order valence-electron chi connectivity index (χ3n) is 9.10. The number of aromatic nitrogens is 1. The van der Waals surface area contributed by atoms with Gasteiger partial charge in [-0.3, -0.25) is 4.98 Å². The van der Waals surface area contributed by atoms with Gasteiger partial charge in [-0.1, -0.05) is 127 Å². The molecule has 0 radical (unpaired) electrons. The summed E-state index contributed by atoms with van der Waals surface area (Å²) in [5.41, 5.74) is 9.16. The van der Waals surface area contributed by atoms with E-state index in [0.717, 1.165) is 85.2 Å². The van der Waals surface area contributed by atoms with E-state index in [9.17, 15) is 0 Å². The Kier molecular flexibility index (Phi) is 6.60. The van der Waals surface area contributed by atoms with E-state index in [2.05, 4.69) is 108 Å². The highest BCUT2D eigenvalue weighted by atomic mass is 16.3. The smallest absolute Gasteiger partial charge is 0.172 e. The van der Waals surface area contributed by atoms with Gasteiger partial charge in [0.05, 0.1) is 0 Å². The molecule has 0 amide bonds. The summed E-state index contributed by atoms with van der Waals surface area (Å²) >= 11 is 0. The molecule has 0 saturated carbocycles. The Bertz CT molecular complexity index is 2360. The highest BCUT2D eigenvalue weighted by Crippen LogP contribution is 2.42. The normalized spacial score (nSPS) is 15.2. The van der Waals surface area contributed by atoms with Gasteiger partial charge in [-0.2, -0.15) is 0 Å². The molecule has 0 spiro atoms. The molecule has 1 aliphatic heterocycles. The predicted octanol–water partition coefficient (Wildman–Crippen LogP) is 9.89. The van der Waals surface area contributed by atoms with E-state index in [1.54, 1.807) is 0 Å². The summed E-state index contributed by atoms with van der Waals surface area (Å²) in [6.07, 6.45) is 7.69. The minimum absolute atomic E-state index is 0.525. The summed E-state index contributed by atoms with van der Waals surface area (Å²) in [5.74, 6) is 1.54. The molecule has 224 valence electrons. The van der Waals surface area contributed by atoms with Crippen LogP contribution in [0.25, 0.3) is 43.9 Å². The zero-order valence-electron chi connectivity index (χ0n) is 25.6. The molecule has 5 aromatic carbocycles. The SMILES string of the molecule is C1=C(c2ccccc2)CCC(c2ncc(C3N=C(c4ccccc4)NC(c4ccccc4)=N3)c3c2oc2cc4ccccc4cc23)=C1. The molecule has 0 atom stereocenters. The van der Waals surface area contributed by atoms with Crippen LogP contribution in [-0.2, 0) is 0 Å². The van der Waals surface area contributed by atoms with Crippen molar-refractivity contribution in [3.05, 3.63) is 174 Å². The standard InChI is InChI=1S/C42H30N4O/c1-4-12-27(13-5-1)28-20-22-29(23-21-28)38-39-37(34-24-32-18-10-11-19-33(32)25-36(34)47-39)35(26-43-38)42-45-40(30-14-6-2-7-15-30)44-41(46-42)31-16-8-3-9-17-31/h1-20,22,24-26,42H,21,23H2,(H,44,45,46). The zero-order chi connectivity index (χ0) is 31.2. The van der Waals surface area contributed by atoms with Gasteiger partial charge >= 0.3 is 0 Å². The van der Waals surface area contributed by atoms with Gasteiger partial charge in [0.25, 0.3) is 0 Å². The predicted molar refractivity (Wildman–Crippen MR) is 192 cm³/mol. The minimum Gasteiger partial charge on any atom is -0.454 e. The van der Waals surface area contributed by atoms with Crippen molar-refractivity contribution in [3.63, 3.8) is 0 Å². The first kappa shape index (κ1) is 27.3. The van der Waals surface area contributed by atoms with Gasteiger partial charge < -0.3 is 9.73 Å². The Balaban J connectivity index is 1.26. The number of hydrogen-bond acceptors (Lipinski definition) is 5. The zero-order valence-corrected chi connectivity index (χ0v) is 25.6. The van der Waals surface area contributed by atoms with Crippen molar-refractivity contribution < 1.29 is 4.42 Å². The minimum atomic E-state index is -0.525. The average Bonchev–Trinajstić information content (AvgIpc) is 3.53. The Morgan fingerprint density at radius 2 is 1.15 bits per heavy atom. The van der Waals surface area contributed by atoms with Gasteiger partial charge in [-0.15, -0.1) is 0 Å². The average molecular weight is 607 g/mol. The molecule has 5 heteroatoms. The maximum absolute atomic E-state index is 6.77. The number of allylic oxidation sites excluding steroid dienone is 4. The Hall–Kier alpha value is -6.07. The first-order chi connectivity index (χ1) is 23.3. The van der Waals surface area contributed by atoms with Crippen LogP contribution < -0.4 is 5.32 Å². The second-order valence-corrected chi connectivity index (χ2v) is 12.0. The molecule has 47 heavy (non-hydrogen) atoms. The second-order valence-electron chi connectivity index (χ2n) is 12.0. The Morgan fingerprint density at radius 3 is 1.77 bits per heavy atom. The van der Waals surface area contributed by atoms with E-state index in [-0.39, 0.29) is 0 Å².